The molecule has 1 saturated heterocycles. The molecule has 0 aliphatic carbocycles. The summed E-state index contributed by atoms with van der Waals surface area (Å²) in [5, 5.41) is 22.6. The first-order chi connectivity index (χ1) is 21.4. The van der Waals surface area contributed by atoms with Crippen LogP contribution < -0.4 is 15.2 Å². The molecule has 0 amide bonds. The third-order valence-electron chi connectivity index (χ3n) is 8.33. The molecule has 0 radical (unpaired) electrons. The molecule has 1 N–H and O–H groups in total. The van der Waals surface area contributed by atoms with E-state index in [1.165, 1.54) is 15.9 Å². The predicted molar refractivity (Wildman–Crippen MR) is 178 cm³/mol. The molecule has 230 valence electrons. The van der Waals surface area contributed by atoms with Crippen molar-refractivity contribution in [2.24, 2.45) is 0 Å². The monoisotopic (exact) mass is 661 g/mol. The van der Waals surface area contributed by atoms with Gasteiger partial charge < -0.3 is 14.7 Å². The second-order valence-corrected chi connectivity index (χ2v) is 13.4. The number of fused-ring (bicyclic) bond motifs is 2. The van der Waals surface area contributed by atoms with E-state index < -0.39 is 5.97 Å². The molecule has 0 saturated carbocycles. The highest BCUT2D eigenvalue weighted by atomic mass is 35.5. The van der Waals surface area contributed by atoms with Gasteiger partial charge in [-0.15, -0.1) is 11.3 Å². The maximum Gasteiger partial charge on any atom is 0.338 e. The summed E-state index contributed by atoms with van der Waals surface area (Å²) >= 11 is 14.4. The summed E-state index contributed by atoms with van der Waals surface area (Å²) in [6, 6.07) is 11.0. The Hall–Kier alpha value is -4.17. The molecule has 45 heavy (non-hydrogen) atoms. The molecule has 5 aromatic rings. The number of ether oxygens (including phenoxy) is 1. The average molecular weight is 663 g/mol. The molecular formula is C33H29Cl2N5O4S. The van der Waals surface area contributed by atoms with Crippen molar-refractivity contribution in [2.75, 3.05) is 18.1 Å². The van der Waals surface area contributed by atoms with Crippen molar-refractivity contribution in [3.8, 4) is 22.9 Å². The summed E-state index contributed by atoms with van der Waals surface area (Å²) in [5.41, 5.74) is 3.26. The third-order valence-corrected chi connectivity index (χ3v) is 9.86. The van der Waals surface area contributed by atoms with Crippen LogP contribution in [0.2, 0.25) is 10.0 Å². The van der Waals surface area contributed by atoms with Crippen LogP contribution in [0.1, 0.15) is 54.1 Å². The van der Waals surface area contributed by atoms with Crippen LogP contribution in [0.4, 0.5) is 5.69 Å². The maximum absolute atomic E-state index is 14.0. The Labute approximate surface area is 273 Å². The second-order valence-electron chi connectivity index (χ2n) is 11.7. The van der Waals surface area contributed by atoms with E-state index in [4.69, 9.17) is 27.9 Å². The van der Waals surface area contributed by atoms with Crippen molar-refractivity contribution in [3.63, 3.8) is 0 Å². The zero-order valence-electron chi connectivity index (χ0n) is 25.1. The molecule has 1 aliphatic heterocycles. The zero-order valence-corrected chi connectivity index (χ0v) is 27.4. The lowest BCUT2D eigenvalue weighted by Gasteiger charge is -2.35. The number of carboxylic acid groups (broad SMARTS) is 1. The summed E-state index contributed by atoms with van der Waals surface area (Å²) in [4.78, 5) is 37.0. The predicted octanol–water partition coefficient (Wildman–Crippen LogP) is 7.62. The van der Waals surface area contributed by atoms with Gasteiger partial charge in [-0.2, -0.15) is 5.26 Å². The standard InChI is InChI=1S/C33H29Cl2N5O4S/c1-17-12-21(30-28(37-17)23(16-45-30)32(42)43)20-13-19(34)6-7-26(20)44-11-10-39-18(2)38-25-14-24(35)29(22(15-36)27(25)31(39)41)40-9-5-8-33(40,3)4/h6-7,12-14,16H,5,8-11H2,1-4H3,(H,42,43). The van der Waals surface area contributed by atoms with Gasteiger partial charge in [0.25, 0.3) is 5.56 Å². The van der Waals surface area contributed by atoms with E-state index in [2.05, 4.69) is 34.8 Å². The van der Waals surface area contributed by atoms with Gasteiger partial charge in [0.05, 0.1) is 49.5 Å². The number of halogens is 2. The number of aryl methyl sites for hydroxylation is 2. The van der Waals surface area contributed by atoms with Gasteiger partial charge in [0, 0.05) is 39.3 Å². The molecule has 1 aliphatic rings. The number of thiophene rings is 1. The molecule has 0 bridgehead atoms. The van der Waals surface area contributed by atoms with Crippen molar-refractivity contribution >= 4 is 67.3 Å². The third kappa shape index (κ3) is 5.39. The van der Waals surface area contributed by atoms with Gasteiger partial charge in [-0.05, 0) is 70.9 Å². The van der Waals surface area contributed by atoms with E-state index in [-0.39, 0.29) is 40.8 Å². The van der Waals surface area contributed by atoms with Crippen LogP contribution in [0, 0.1) is 25.2 Å². The number of benzene rings is 2. The van der Waals surface area contributed by atoms with E-state index >= 15 is 0 Å². The van der Waals surface area contributed by atoms with Crippen molar-refractivity contribution in [1.29, 1.82) is 5.26 Å². The highest BCUT2D eigenvalue weighted by Crippen LogP contribution is 2.42. The van der Waals surface area contributed by atoms with E-state index in [1.54, 1.807) is 43.5 Å². The summed E-state index contributed by atoms with van der Waals surface area (Å²) < 4.78 is 8.47. The molecular weight excluding hydrogens is 633 g/mol. The van der Waals surface area contributed by atoms with Crippen LogP contribution in [0.15, 0.2) is 40.5 Å². The lowest BCUT2D eigenvalue weighted by Crippen LogP contribution is -2.39. The normalized spacial score (nSPS) is 14.3. The highest BCUT2D eigenvalue weighted by molar-refractivity contribution is 7.18. The van der Waals surface area contributed by atoms with Crippen LogP contribution in [0.3, 0.4) is 0 Å². The summed E-state index contributed by atoms with van der Waals surface area (Å²) in [6.07, 6.45) is 1.91. The lowest BCUT2D eigenvalue weighted by molar-refractivity contribution is 0.0699. The number of aromatic nitrogens is 3. The SMILES string of the molecule is Cc1cc(-c2cc(Cl)ccc2OCCn2c(C)nc3cc(Cl)c(N4CCCC4(C)C)c(C#N)c3c2=O)c2scc(C(=O)O)c2n1. The first kappa shape index (κ1) is 30.8. The molecule has 2 aromatic carbocycles. The highest BCUT2D eigenvalue weighted by Gasteiger charge is 2.35. The van der Waals surface area contributed by atoms with E-state index in [0.717, 1.165) is 24.9 Å². The Kier molecular flexibility index (Phi) is 7.98. The Morgan fingerprint density at radius 2 is 1.96 bits per heavy atom. The van der Waals surface area contributed by atoms with Crippen LogP contribution in [-0.4, -0.2) is 44.3 Å². The van der Waals surface area contributed by atoms with E-state index in [0.29, 0.717) is 54.3 Å². The first-order valence-corrected chi connectivity index (χ1v) is 16.0. The summed E-state index contributed by atoms with van der Waals surface area (Å²) in [5.74, 6) is -0.0669. The topological polar surface area (TPSA) is 121 Å². The first-order valence-electron chi connectivity index (χ1n) is 14.4. The second kappa shape index (κ2) is 11.6. The maximum atomic E-state index is 14.0. The summed E-state index contributed by atoms with van der Waals surface area (Å²) in [6.45, 7) is 8.78. The molecule has 12 heteroatoms. The number of nitriles is 1. The minimum atomic E-state index is -1.05. The van der Waals surface area contributed by atoms with Crippen molar-refractivity contribution in [3.05, 3.63) is 78.8 Å². The van der Waals surface area contributed by atoms with Crippen molar-refractivity contribution in [2.45, 2.75) is 52.6 Å². The van der Waals surface area contributed by atoms with Crippen LogP contribution in [-0.2, 0) is 6.54 Å². The molecule has 0 spiro atoms. The molecule has 0 unspecified atom stereocenters. The smallest absolute Gasteiger partial charge is 0.338 e. The van der Waals surface area contributed by atoms with E-state index in [9.17, 15) is 20.0 Å². The number of rotatable bonds is 7. The van der Waals surface area contributed by atoms with E-state index in [1.807, 2.05) is 6.07 Å². The average Bonchev–Trinajstić information content (AvgIpc) is 3.56. The molecule has 9 nitrogen and oxygen atoms in total. The summed E-state index contributed by atoms with van der Waals surface area (Å²) in [7, 11) is 0. The van der Waals surface area contributed by atoms with Crippen LogP contribution in [0.25, 0.3) is 32.2 Å². The fraction of sp³-hybridized carbons (Fsp3) is 0.303. The number of carbonyl (C=O) groups is 1. The fourth-order valence-electron chi connectivity index (χ4n) is 6.18. The van der Waals surface area contributed by atoms with Crippen LogP contribution >= 0.6 is 34.5 Å². The Bertz CT molecular complexity index is 2130. The minimum absolute atomic E-state index is 0.113. The molecule has 6 rings (SSSR count). The Morgan fingerprint density at radius 3 is 2.64 bits per heavy atom. The number of anilines is 1. The van der Waals surface area contributed by atoms with Crippen LogP contribution in [0.5, 0.6) is 5.75 Å². The Balaban J connectivity index is 1.37. The van der Waals surface area contributed by atoms with Crippen molar-refractivity contribution < 1.29 is 14.6 Å². The lowest BCUT2D eigenvalue weighted by atomic mass is 9.99. The van der Waals surface area contributed by atoms with Crippen molar-refractivity contribution in [1.82, 2.24) is 14.5 Å². The minimum Gasteiger partial charge on any atom is -0.491 e. The van der Waals surface area contributed by atoms with Gasteiger partial charge >= 0.3 is 5.97 Å². The van der Waals surface area contributed by atoms with Gasteiger partial charge in [-0.25, -0.2) is 9.78 Å². The van der Waals surface area contributed by atoms with Gasteiger partial charge in [0.1, 0.15) is 24.3 Å². The number of nitrogens with zero attached hydrogens (tertiary/aromatic N) is 5. The Morgan fingerprint density at radius 1 is 1.18 bits per heavy atom. The molecule has 3 aromatic heterocycles. The molecule has 0 atom stereocenters. The number of carboxylic acids is 1. The quantitative estimate of drug-likeness (QED) is 0.189. The van der Waals surface area contributed by atoms with Gasteiger partial charge in [-0.3, -0.25) is 14.3 Å². The largest absolute Gasteiger partial charge is 0.491 e. The molecule has 4 heterocycles. The number of aromatic carboxylic acids is 1. The van der Waals surface area contributed by atoms with Gasteiger partial charge in [-0.1, -0.05) is 23.2 Å². The van der Waals surface area contributed by atoms with Gasteiger partial charge in [0.15, 0.2) is 0 Å². The number of pyridine rings is 1. The fourth-order valence-corrected chi connectivity index (χ4v) is 7.66. The number of hydrogen-bond donors (Lipinski definition) is 1. The number of hydrogen-bond acceptors (Lipinski definition) is 8. The zero-order chi connectivity index (χ0) is 32.2. The van der Waals surface area contributed by atoms with Gasteiger partial charge in [0.2, 0.25) is 0 Å². The molecule has 1 fully saturated rings.